The van der Waals surface area contributed by atoms with Gasteiger partial charge in [-0.15, -0.1) is 0 Å². The van der Waals surface area contributed by atoms with Gasteiger partial charge in [-0.05, 0) is 38.1 Å². The maximum Gasteiger partial charge on any atom is 0.159 e. The van der Waals surface area contributed by atoms with Crippen molar-refractivity contribution in [3.05, 3.63) is 77.9 Å². The zero-order chi connectivity index (χ0) is 17.1. The lowest BCUT2D eigenvalue weighted by atomic mass is 10.0. The van der Waals surface area contributed by atoms with Gasteiger partial charge >= 0.3 is 0 Å². The monoisotopic (exact) mass is 315 g/mol. The first kappa shape index (κ1) is 15.8. The number of pyridine rings is 1. The van der Waals surface area contributed by atoms with Gasteiger partial charge in [0, 0.05) is 22.3 Å². The number of rotatable bonds is 4. The van der Waals surface area contributed by atoms with Crippen molar-refractivity contribution in [2.45, 2.75) is 13.8 Å². The van der Waals surface area contributed by atoms with Crippen LogP contribution in [0.2, 0.25) is 0 Å². The fourth-order valence-electron chi connectivity index (χ4n) is 2.55. The summed E-state index contributed by atoms with van der Waals surface area (Å²) in [7, 11) is 0. The molecule has 0 bridgehead atoms. The molecule has 0 aliphatic heterocycles. The molecule has 2 aromatic carbocycles. The Bertz CT molecular complexity index is 856. The average molecular weight is 315 g/mol. The van der Waals surface area contributed by atoms with E-state index in [2.05, 4.69) is 0 Å². The van der Waals surface area contributed by atoms with E-state index in [1.165, 1.54) is 0 Å². The van der Waals surface area contributed by atoms with Gasteiger partial charge in [-0.25, -0.2) is 4.98 Å². The Morgan fingerprint density at radius 1 is 0.667 bits per heavy atom. The summed E-state index contributed by atoms with van der Waals surface area (Å²) in [6.07, 6.45) is 0. The predicted molar refractivity (Wildman–Crippen MR) is 95.1 cm³/mol. The Morgan fingerprint density at radius 3 is 1.50 bits per heavy atom. The molecule has 0 radical (unpaired) electrons. The molecule has 0 spiro atoms. The van der Waals surface area contributed by atoms with Gasteiger partial charge in [0.05, 0.1) is 11.4 Å². The molecular weight excluding hydrogens is 298 g/mol. The molecule has 0 unspecified atom stereocenters. The second-order valence-corrected chi connectivity index (χ2v) is 5.68. The van der Waals surface area contributed by atoms with Crippen LogP contribution in [0, 0.1) is 0 Å². The molecule has 3 aromatic rings. The van der Waals surface area contributed by atoms with Gasteiger partial charge < -0.3 is 0 Å². The fourth-order valence-corrected chi connectivity index (χ4v) is 2.55. The lowest BCUT2D eigenvalue weighted by molar-refractivity contribution is 0.100. The third-order valence-electron chi connectivity index (χ3n) is 3.88. The Balaban J connectivity index is 2.04. The van der Waals surface area contributed by atoms with E-state index in [1.54, 1.807) is 26.0 Å². The molecule has 0 amide bonds. The molecule has 24 heavy (non-hydrogen) atoms. The zero-order valence-corrected chi connectivity index (χ0v) is 13.6. The minimum atomic E-state index is 0.0298. The lowest BCUT2D eigenvalue weighted by Gasteiger charge is -2.07. The van der Waals surface area contributed by atoms with Gasteiger partial charge in [0.1, 0.15) is 0 Å². The minimum absolute atomic E-state index is 0.0298. The number of Topliss-reactive ketones (excluding diaryl/α,β-unsaturated/α-hetero) is 2. The number of nitrogens with zero attached hydrogens (tertiary/aromatic N) is 1. The van der Waals surface area contributed by atoms with Crippen LogP contribution in [0.5, 0.6) is 0 Å². The predicted octanol–water partition coefficient (Wildman–Crippen LogP) is 4.82. The normalized spacial score (nSPS) is 10.4. The summed E-state index contributed by atoms with van der Waals surface area (Å²) >= 11 is 0. The SMILES string of the molecule is CC(=O)c1cccc(-c2cccc(-c3cccc(C(C)=O)c3)n2)c1. The van der Waals surface area contributed by atoms with Crippen LogP contribution in [0.25, 0.3) is 22.5 Å². The smallest absolute Gasteiger partial charge is 0.159 e. The Hall–Kier alpha value is -3.07. The topological polar surface area (TPSA) is 47.0 Å². The maximum absolute atomic E-state index is 11.6. The molecule has 0 N–H and O–H groups in total. The van der Waals surface area contributed by atoms with E-state index < -0.39 is 0 Å². The van der Waals surface area contributed by atoms with Crippen molar-refractivity contribution in [3.63, 3.8) is 0 Å². The number of hydrogen-bond donors (Lipinski definition) is 0. The molecule has 0 atom stereocenters. The second-order valence-electron chi connectivity index (χ2n) is 5.68. The maximum atomic E-state index is 11.6. The second kappa shape index (κ2) is 6.59. The molecule has 0 aliphatic rings. The molecule has 0 aliphatic carbocycles. The van der Waals surface area contributed by atoms with Crippen molar-refractivity contribution in [2.24, 2.45) is 0 Å². The van der Waals surface area contributed by atoms with E-state index in [0.717, 1.165) is 22.5 Å². The molecule has 1 aromatic heterocycles. The summed E-state index contributed by atoms with van der Waals surface area (Å²) in [5.41, 5.74) is 4.71. The zero-order valence-electron chi connectivity index (χ0n) is 13.6. The van der Waals surface area contributed by atoms with E-state index >= 15 is 0 Å². The number of aromatic nitrogens is 1. The van der Waals surface area contributed by atoms with Gasteiger partial charge in [-0.1, -0.05) is 42.5 Å². The van der Waals surface area contributed by atoms with Crippen molar-refractivity contribution in [2.75, 3.05) is 0 Å². The quantitative estimate of drug-likeness (QED) is 0.648. The van der Waals surface area contributed by atoms with Crippen molar-refractivity contribution in [1.29, 1.82) is 0 Å². The fraction of sp³-hybridized carbons (Fsp3) is 0.0952. The number of hydrogen-bond acceptors (Lipinski definition) is 3. The van der Waals surface area contributed by atoms with Crippen LogP contribution >= 0.6 is 0 Å². The van der Waals surface area contributed by atoms with Gasteiger partial charge in [-0.3, -0.25) is 9.59 Å². The molecule has 3 heteroatoms. The van der Waals surface area contributed by atoms with Crippen molar-refractivity contribution < 1.29 is 9.59 Å². The minimum Gasteiger partial charge on any atom is -0.295 e. The van der Waals surface area contributed by atoms with Gasteiger partial charge in [0.2, 0.25) is 0 Å². The van der Waals surface area contributed by atoms with Gasteiger partial charge in [-0.2, -0.15) is 0 Å². The van der Waals surface area contributed by atoms with Gasteiger partial charge in [0.15, 0.2) is 11.6 Å². The summed E-state index contributed by atoms with van der Waals surface area (Å²) in [4.78, 5) is 27.8. The van der Waals surface area contributed by atoms with E-state index in [-0.39, 0.29) is 11.6 Å². The summed E-state index contributed by atoms with van der Waals surface area (Å²) in [6.45, 7) is 3.10. The molecule has 0 fully saturated rings. The third-order valence-corrected chi connectivity index (χ3v) is 3.88. The first-order chi connectivity index (χ1) is 11.5. The summed E-state index contributed by atoms with van der Waals surface area (Å²) in [5, 5.41) is 0. The summed E-state index contributed by atoms with van der Waals surface area (Å²) < 4.78 is 0. The average Bonchev–Trinajstić information content (AvgIpc) is 2.62. The lowest BCUT2D eigenvalue weighted by Crippen LogP contribution is -1.95. The molecule has 3 rings (SSSR count). The molecule has 0 saturated heterocycles. The summed E-state index contributed by atoms with van der Waals surface area (Å²) in [6, 6.07) is 20.6. The number of benzene rings is 2. The molecule has 1 heterocycles. The highest BCUT2D eigenvalue weighted by atomic mass is 16.1. The third kappa shape index (κ3) is 3.30. The Kier molecular flexibility index (Phi) is 4.34. The van der Waals surface area contributed by atoms with Crippen LogP contribution in [-0.4, -0.2) is 16.6 Å². The largest absolute Gasteiger partial charge is 0.295 e. The van der Waals surface area contributed by atoms with Crippen LogP contribution in [0.4, 0.5) is 0 Å². The Labute approximate surface area is 141 Å². The first-order valence-electron chi connectivity index (χ1n) is 7.74. The van der Waals surface area contributed by atoms with Crippen molar-refractivity contribution >= 4 is 11.6 Å². The van der Waals surface area contributed by atoms with Crippen LogP contribution in [-0.2, 0) is 0 Å². The van der Waals surface area contributed by atoms with E-state index in [9.17, 15) is 9.59 Å². The molecule has 0 saturated carbocycles. The number of carbonyl (C=O) groups is 2. The highest BCUT2D eigenvalue weighted by molar-refractivity contribution is 5.96. The van der Waals surface area contributed by atoms with Crippen molar-refractivity contribution in [3.8, 4) is 22.5 Å². The Morgan fingerprint density at radius 2 is 1.08 bits per heavy atom. The molecule has 118 valence electrons. The van der Waals surface area contributed by atoms with Crippen LogP contribution in [0.3, 0.4) is 0 Å². The number of ketones is 2. The first-order valence-corrected chi connectivity index (χ1v) is 7.74. The number of carbonyl (C=O) groups excluding carboxylic acids is 2. The van der Waals surface area contributed by atoms with E-state index in [0.29, 0.717) is 11.1 Å². The standard InChI is InChI=1S/C21H17NO2/c1-14(23)16-6-3-8-18(12-16)20-10-5-11-21(22-20)19-9-4-7-17(13-19)15(2)24/h3-13H,1-2H3. The van der Waals surface area contributed by atoms with Crippen LogP contribution < -0.4 is 0 Å². The van der Waals surface area contributed by atoms with Crippen LogP contribution in [0.1, 0.15) is 34.6 Å². The molecular formula is C21H17NO2. The van der Waals surface area contributed by atoms with E-state index in [1.807, 2.05) is 54.6 Å². The summed E-state index contributed by atoms with van der Waals surface area (Å²) in [5.74, 6) is 0.0596. The van der Waals surface area contributed by atoms with Crippen LogP contribution in [0.15, 0.2) is 66.7 Å². The highest BCUT2D eigenvalue weighted by Crippen LogP contribution is 2.24. The molecule has 3 nitrogen and oxygen atoms in total. The van der Waals surface area contributed by atoms with Gasteiger partial charge in [0.25, 0.3) is 0 Å². The van der Waals surface area contributed by atoms with Crippen molar-refractivity contribution in [1.82, 2.24) is 4.98 Å². The van der Waals surface area contributed by atoms with E-state index in [4.69, 9.17) is 4.98 Å². The highest BCUT2D eigenvalue weighted by Gasteiger charge is 2.07.